The van der Waals surface area contributed by atoms with E-state index in [0.29, 0.717) is 10.7 Å². The summed E-state index contributed by atoms with van der Waals surface area (Å²) in [5.41, 5.74) is -0.647. The van der Waals surface area contributed by atoms with Crippen LogP contribution in [0.25, 0.3) is 0 Å². The number of esters is 1. The predicted molar refractivity (Wildman–Crippen MR) is 110 cm³/mol. The minimum absolute atomic E-state index is 0.0486. The van der Waals surface area contributed by atoms with Gasteiger partial charge in [-0.2, -0.15) is 13.2 Å². The van der Waals surface area contributed by atoms with Crippen molar-refractivity contribution in [1.29, 1.82) is 0 Å². The van der Waals surface area contributed by atoms with Gasteiger partial charge in [0.1, 0.15) is 0 Å². The van der Waals surface area contributed by atoms with E-state index in [1.54, 1.807) is 24.3 Å². The van der Waals surface area contributed by atoms with Gasteiger partial charge in [0.25, 0.3) is 5.91 Å². The van der Waals surface area contributed by atoms with Gasteiger partial charge >= 0.3 is 12.1 Å². The molecule has 0 aliphatic heterocycles. The Hall–Kier alpha value is -2.78. The van der Waals surface area contributed by atoms with E-state index < -0.39 is 36.1 Å². The highest BCUT2D eigenvalue weighted by Crippen LogP contribution is 2.33. The van der Waals surface area contributed by atoms with Crippen LogP contribution in [0.4, 0.5) is 24.5 Å². The predicted octanol–water partition coefficient (Wildman–Crippen LogP) is 5.30. The Kier molecular flexibility index (Phi) is 8.70. The summed E-state index contributed by atoms with van der Waals surface area (Å²) in [6, 6.07) is 8.90. The third-order valence-electron chi connectivity index (χ3n) is 3.84. The van der Waals surface area contributed by atoms with E-state index in [-0.39, 0.29) is 30.0 Å². The molecule has 0 saturated heterocycles. The maximum absolute atomic E-state index is 12.8. The van der Waals surface area contributed by atoms with Gasteiger partial charge < -0.3 is 15.4 Å². The van der Waals surface area contributed by atoms with Gasteiger partial charge in [0.15, 0.2) is 6.61 Å². The molecule has 31 heavy (non-hydrogen) atoms. The highest BCUT2D eigenvalue weighted by atomic mass is 35.5. The number of anilines is 2. The lowest BCUT2D eigenvalue weighted by Crippen LogP contribution is -2.21. The lowest BCUT2D eigenvalue weighted by atomic mass is 10.2. The highest BCUT2D eigenvalue weighted by Gasteiger charge is 2.31. The van der Waals surface area contributed by atoms with Crippen molar-refractivity contribution >= 4 is 52.4 Å². The van der Waals surface area contributed by atoms with Gasteiger partial charge in [-0.3, -0.25) is 14.4 Å². The van der Waals surface area contributed by atoms with E-state index in [0.717, 1.165) is 18.2 Å². The Morgan fingerprint density at radius 3 is 2.23 bits per heavy atom. The van der Waals surface area contributed by atoms with Crippen LogP contribution in [0, 0.1) is 0 Å². The van der Waals surface area contributed by atoms with Gasteiger partial charge in [-0.1, -0.05) is 23.2 Å². The lowest BCUT2D eigenvalue weighted by molar-refractivity contribution is -0.147. The van der Waals surface area contributed by atoms with Crippen LogP contribution >= 0.6 is 23.2 Å². The first kappa shape index (κ1) is 24.5. The first-order valence-corrected chi connectivity index (χ1v) is 9.68. The maximum Gasteiger partial charge on any atom is 0.416 e. The number of nitrogens with one attached hydrogen (secondary N) is 2. The van der Waals surface area contributed by atoms with Crippen molar-refractivity contribution in [2.45, 2.75) is 25.4 Å². The topological polar surface area (TPSA) is 84.5 Å². The molecule has 0 aromatic heterocycles. The molecule has 0 spiro atoms. The zero-order chi connectivity index (χ0) is 23.0. The summed E-state index contributed by atoms with van der Waals surface area (Å²) in [6.45, 7) is -0.506. The molecular weight excluding hydrogens is 460 g/mol. The van der Waals surface area contributed by atoms with E-state index in [2.05, 4.69) is 10.6 Å². The standard InChI is InChI=1S/C20H17Cl2F3N2O4/c21-13-5-7-14(8-6-13)26-18(29)11-31-19(30)3-1-2-17(28)27-16-10-12(20(23,24)25)4-9-15(16)22/h4-10H,1-3,11H2,(H,26,29)(H,27,28). The number of amides is 2. The van der Waals surface area contributed by atoms with E-state index in [4.69, 9.17) is 27.9 Å². The second-order valence-electron chi connectivity index (χ2n) is 6.31. The molecule has 2 rings (SSSR count). The molecule has 11 heteroatoms. The van der Waals surface area contributed by atoms with Crippen molar-refractivity contribution in [2.75, 3.05) is 17.2 Å². The maximum atomic E-state index is 12.8. The summed E-state index contributed by atoms with van der Waals surface area (Å²) in [5.74, 6) is -1.86. The molecule has 0 fully saturated rings. The van der Waals surface area contributed by atoms with E-state index in [1.807, 2.05) is 0 Å². The third-order valence-corrected chi connectivity index (χ3v) is 4.43. The van der Waals surface area contributed by atoms with Crippen LogP contribution in [-0.4, -0.2) is 24.4 Å². The molecule has 2 N–H and O–H groups in total. The van der Waals surface area contributed by atoms with Gasteiger partial charge in [-0.25, -0.2) is 0 Å². The summed E-state index contributed by atoms with van der Waals surface area (Å²) in [6.07, 6.45) is -4.82. The first-order chi connectivity index (χ1) is 14.5. The number of alkyl halides is 3. The normalized spacial score (nSPS) is 11.0. The molecule has 0 aliphatic carbocycles. The minimum Gasteiger partial charge on any atom is -0.456 e. The second-order valence-corrected chi connectivity index (χ2v) is 7.15. The molecule has 0 atom stereocenters. The Balaban J connectivity index is 1.71. The van der Waals surface area contributed by atoms with E-state index in [1.165, 1.54) is 0 Å². The van der Waals surface area contributed by atoms with Gasteiger partial charge in [0, 0.05) is 23.6 Å². The van der Waals surface area contributed by atoms with Crippen molar-refractivity contribution in [1.82, 2.24) is 0 Å². The number of benzene rings is 2. The minimum atomic E-state index is -4.58. The van der Waals surface area contributed by atoms with E-state index >= 15 is 0 Å². The molecule has 0 radical (unpaired) electrons. The van der Waals surface area contributed by atoms with Crippen molar-refractivity contribution in [3.63, 3.8) is 0 Å². The first-order valence-electron chi connectivity index (χ1n) is 8.92. The van der Waals surface area contributed by atoms with Crippen LogP contribution in [0.5, 0.6) is 0 Å². The molecule has 2 aromatic rings. The number of carbonyl (C=O) groups is 3. The molecule has 0 aliphatic rings. The monoisotopic (exact) mass is 476 g/mol. The number of hydrogen-bond acceptors (Lipinski definition) is 4. The van der Waals surface area contributed by atoms with Gasteiger partial charge in [-0.05, 0) is 48.9 Å². The van der Waals surface area contributed by atoms with Crippen LogP contribution in [-0.2, 0) is 25.3 Å². The Morgan fingerprint density at radius 2 is 1.58 bits per heavy atom. The van der Waals surface area contributed by atoms with Crippen LogP contribution < -0.4 is 10.6 Å². The van der Waals surface area contributed by atoms with Gasteiger partial charge in [-0.15, -0.1) is 0 Å². The number of halogens is 5. The Labute approximate surface area is 185 Å². The second kappa shape index (κ2) is 11.0. The molecule has 0 heterocycles. The fourth-order valence-corrected chi connectivity index (χ4v) is 2.64. The average Bonchev–Trinajstić information content (AvgIpc) is 2.69. The zero-order valence-corrected chi connectivity index (χ0v) is 17.4. The molecule has 166 valence electrons. The van der Waals surface area contributed by atoms with Crippen molar-refractivity contribution in [3.05, 3.63) is 58.1 Å². The van der Waals surface area contributed by atoms with Crippen molar-refractivity contribution < 1.29 is 32.3 Å². The quantitative estimate of drug-likeness (QED) is 0.506. The van der Waals surface area contributed by atoms with Crippen LogP contribution in [0.1, 0.15) is 24.8 Å². The number of ether oxygens (including phenoxy) is 1. The summed E-state index contributed by atoms with van der Waals surface area (Å²) in [4.78, 5) is 35.4. The molecule has 2 amide bonds. The molecular formula is C20H17Cl2F3N2O4. The summed E-state index contributed by atoms with van der Waals surface area (Å²) >= 11 is 11.5. The fourth-order valence-electron chi connectivity index (χ4n) is 2.35. The Bertz CT molecular complexity index is 950. The third kappa shape index (κ3) is 8.47. The largest absolute Gasteiger partial charge is 0.456 e. The SMILES string of the molecule is O=C(COC(=O)CCCC(=O)Nc1cc(C(F)(F)F)ccc1Cl)Nc1ccc(Cl)cc1. The smallest absolute Gasteiger partial charge is 0.416 e. The van der Waals surface area contributed by atoms with Crippen molar-refractivity contribution in [2.24, 2.45) is 0 Å². The number of carbonyl (C=O) groups excluding carboxylic acids is 3. The summed E-state index contributed by atoms with van der Waals surface area (Å²) in [7, 11) is 0. The van der Waals surface area contributed by atoms with Gasteiger partial charge in [0.2, 0.25) is 5.91 Å². The highest BCUT2D eigenvalue weighted by molar-refractivity contribution is 6.33. The van der Waals surface area contributed by atoms with Crippen molar-refractivity contribution in [3.8, 4) is 0 Å². The number of hydrogen-bond donors (Lipinski definition) is 2. The fraction of sp³-hybridized carbons (Fsp3) is 0.250. The van der Waals surface area contributed by atoms with Gasteiger partial charge in [0.05, 0.1) is 16.3 Å². The zero-order valence-electron chi connectivity index (χ0n) is 15.9. The molecule has 6 nitrogen and oxygen atoms in total. The average molecular weight is 477 g/mol. The number of rotatable bonds is 8. The van der Waals surface area contributed by atoms with E-state index in [9.17, 15) is 27.6 Å². The lowest BCUT2D eigenvalue weighted by Gasteiger charge is -2.11. The Morgan fingerprint density at radius 1 is 0.903 bits per heavy atom. The molecule has 0 unspecified atom stereocenters. The van der Waals surface area contributed by atoms with Crippen LogP contribution in [0.15, 0.2) is 42.5 Å². The molecule has 0 saturated carbocycles. The van der Waals surface area contributed by atoms with Crippen LogP contribution in [0.2, 0.25) is 10.0 Å². The summed E-state index contributed by atoms with van der Waals surface area (Å²) < 4.78 is 43.1. The molecule has 0 bridgehead atoms. The molecule has 2 aromatic carbocycles. The summed E-state index contributed by atoms with van der Waals surface area (Å²) in [5, 5.41) is 5.25. The van der Waals surface area contributed by atoms with Crippen LogP contribution in [0.3, 0.4) is 0 Å².